The zero-order chi connectivity index (χ0) is 15.2. The Labute approximate surface area is 124 Å². The first-order chi connectivity index (χ1) is 10.1. The van der Waals surface area contributed by atoms with Crippen LogP contribution in [0, 0.1) is 5.92 Å². The lowest BCUT2D eigenvalue weighted by Crippen LogP contribution is -2.45. The van der Waals surface area contributed by atoms with Crippen LogP contribution in [0.25, 0.3) is 0 Å². The van der Waals surface area contributed by atoms with Gasteiger partial charge in [0.2, 0.25) is 5.91 Å². The third-order valence-electron chi connectivity index (χ3n) is 3.81. The quantitative estimate of drug-likeness (QED) is 0.871. The van der Waals surface area contributed by atoms with Crippen molar-refractivity contribution in [2.24, 2.45) is 5.92 Å². The van der Waals surface area contributed by atoms with Crippen LogP contribution in [-0.2, 0) is 14.3 Å². The first-order valence-corrected chi connectivity index (χ1v) is 7.33. The van der Waals surface area contributed by atoms with Crippen LogP contribution in [0.5, 0.6) is 0 Å². The van der Waals surface area contributed by atoms with Crippen LogP contribution in [-0.4, -0.2) is 29.6 Å². The van der Waals surface area contributed by atoms with E-state index in [1.54, 1.807) is 6.92 Å². The van der Waals surface area contributed by atoms with Crippen molar-refractivity contribution in [2.45, 2.75) is 38.3 Å². The molecule has 5 nitrogen and oxygen atoms in total. The van der Waals surface area contributed by atoms with Crippen molar-refractivity contribution in [3.63, 3.8) is 0 Å². The molecule has 1 amide bonds. The number of benzene rings is 1. The van der Waals surface area contributed by atoms with E-state index in [1.165, 1.54) is 0 Å². The number of carboxylic acid groups (broad SMARTS) is 1. The lowest BCUT2D eigenvalue weighted by Gasteiger charge is -2.31. The van der Waals surface area contributed by atoms with E-state index >= 15 is 0 Å². The standard InChI is InChI=1S/C16H21NO4/c1-2-13(16(19)20)17-15(18)12-9-6-10-21-14(12)11-7-4-3-5-8-11/h3-5,7-8,12-14H,2,6,9-10H2,1H3,(H,17,18)(H,19,20)/t12?,13-,14?/m0/s1. The number of rotatable bonds is 5. The third kappa shape index (κ3) is 3.82. The predicted octanol–water partition coefficient (Wildman–Crippen LogP) is 2.13. The average Bonchev–Trinajstić information content (AvgIpc) is 2.53. The van der Waals surface area contributed by atoms with Crippen LogP contribution in [0.4, 0.5) is 0 Å². The molecule has 1 aliphatic rings. The van der Waals surface area contributed by atoms with E-state index in [1.807, 2.05) is 30.3 Å². The Kier molecular flexibility index (Phi) is 5.33. The Morgan fingerprint density at radius 3 is 2.71 bits per heavy atom. The Morgan fingerprint density at radius 1 is 1.38 bits per heavy atom. The van der Waals surface area contributed by atoms with Gasteiger partial charge in [-0.1, -0.05) is 37.3 Å². The van der Waals surface area contributed by atoms with Gasteiger partial charge in [-0.25, -0.2) is 4.79 Å². The highest BCUT2D eigenvalue weighted by molar-refractivity contribution is 5.85. The SMILES string of the molecule is CC[C@H](NC(=O)C1CCCOC1c1ccccc1)C(=O)O. The lowest BCUT2D eigenvalue weighted by molar-refractivity contribution is -0.145. The van der Waals surface area contributed by atoms with Crippen molar-refractivity contribution in [3.8, 4) is 0 Å². The number of carboxylic acids is 1. The average molecular weight is 291 g/mol. The lowest BCUT2D eigenvalue weighted by atomic mass is 9.88. The van der Waals surface area contributed by atoms with E-state index in [9.17, 15) is 9.59 Å². The van der Waals surface area contributed by atoms with Crippen molar-refractivity contribution in [1.82, 2.24) is 5.32 Å². The molecule has 3 atom stereocenters. The molecule has 2 N–H and O–H groups in total. The molecule has 1 aromatic rings. The fourth-order valence-electron chi connectivity index (χ4n) is 2.64. The highest BCUT2D eigenvalue weighted by Crippen LogP contribution is 2.33. The topological polar surface area (TPSA) is 75.6 Å². The molecular formula is C16H21NO4. The van der Waals surface area contributed by atoms with Gasteiger partial charge in [0.05, 0.1) is 12.0 Å². The molecule has 0 saturated carbocycles. The number of amides is 1. The maximum absolute atomic E-state index is 12.4. The van der Waals surface area contributed by atoms with Crippen LogP contribution < -0.4 is 5.32 Å². The number of aliphatic carboxylic acids is 1. The molecular weight excluding hydrogens is 270 g/mol. The second kappa shape index (κ2) is 7.22. The van der Waals surface area contributed by atoms with Crippen LogP contribution in [0.1, 0.15) is 37.9 Å². The molecule has 21 heavy (non-hydrogen) atoms. The monoisotopic (exact) mass is 291 g/mol. The normalized spacial score (nSPS) is 23.3. The van der Waals surface area contributed by atoms with E-state index < -0.39 is 12.0 Å². The first kappa shape index (κ1) is 15.5. The van der Waals surface area contributed by atoms with Crippen LogP contribution in [0.2, 0.25) is 0 Å². The van der Waals surface area contributed by atoms with Crippen molar-refractivity contribution in [1.29, 1.82) is 0 Å². The Hall–Kier alpha value is -1.88. The van der Waals surface area contributed by atoms with Gasteiger partial charge in [0.15, 0.2) is 0 Å². The van der Waals surface area contributed by atoms with Crippen molar-refractivity contribution in [3.05, 3.63) is 35.9 Å². The Bertz CT molecular complexity index is 488. The van der Waals surface area contributed by atoms with E-state index in [0.717, 1.165) is 12.0 Å². The molecule has 2 unspecified atom stereocenters. The highest BCUT2D eigenvalue weighted by atomic mass is 16.5. The fourth-order valence-corrected chi connectivity index (χ4v) is 2.64. The molecule has 0 spiro atoms. The molecule has 114 valence electrons. The van der Waals surface area contributed by atoms with Gasteiger partial charge in [-0.15, -0.1) is 0 Å². The smallest absolute Gasteiger partial charge is 0.326 e. The van der Waals surface area contributed by atoms with Gasteiger partial charge in [-0.05, 0) is 24.8 Å². The summed E-state index contributed by atoms with van der Waals surface area (Å²) >= 11 is 0. The van der Waals surface area contributed by atoms with Crippen molar-refractivity contribution in [2.75, 3.05) is 6.61 Å². The number of hydrogen-bond acceptors (Lipinski definition) is 3. The van der Waals surface area contributed by atoms with Gasteiger partial charge in [0.1, 0.15) is 6.04 Å². The van der Waals surface area contributed by atoms with E-state index in [-0.39, 0.29) is 17.9 Å². The first-order valence-electron chi connectivity index (χ1n) is 7.33. The van der Waals surface area contributed by atoms with Gasteiger partial charge in [-0.3, -0.25) is 4.79 Å². The summed E-state index contributed by atoms with van der Waals surface area (Å²) in [5.74, 6) is -1.58. The van der Waals surface area contributed by atoms with Crippen molar-refractivity contribution < 1.29 is 19.4 Å². The zero-order valence-corrected chi connectivity index (χ0v) is 12.1. The predicted molar refractivity (Wildman–Crippen MR) is 77.7 cm³/mol. The van der Waals surface area contributed by atoms with E-state index in [4.69, 9.17) is 9.84 Å². The van der Waals surface area contributed by atoms with Gasteiger partial charge < -0.3 is 15.2 Å². The summed E-state index contributed by atoms with van der Waals surface area (Å²) in [4.78, 5) is 23.5. The summed E-state index contributed by atoms with van der Waals surface area (Å²) < 4.78 is 5.77. The highest BCUT2D eigenvalue weighted by Gasteiger charge is 2.34. The summed E-state index contributed by atoms with van der Waals surface area (Å²) in [6, 6.07) is 8.77. The summed E-state index contributed by atoms with van der Waals surface area (Å²) in [7, 11) is 0. The fraction of sp³-hybridized carbons (Fsp3) is 0.500. The minimum atomic E-state index is -1.00. The van der Waals surface area contributed by atoms with Gasteiger partial charge in [-0.2, -0.15) is 0 Å². The number of ether oxygens (including phenoxy) is 1. The second-order valence-corrected chi connectivity index (χ2v) is 5.26. The van der Waals surface area contributed by atoms with E-state index in [0.29, 0.717) is 19.4 Å². The molecule has 2 rings (SSSR count). The maximum atomic E-state index is 12.4. The molecule has 1 saturated heterocycles. The molecule has 0 aliphatic carbocycles. The molecule has 0 bridgehead atoms. The largest absolute Gasteiger partial charge is 0.480 e. The summed E-state index contributed by atoms with van der Waals surface area (Å²) in [5.41, 5.74) is 0.959. The molecule has 1 aromatic carbocycles. The van der Waals surface area contributed by atoms with Crippen LogP contribution >= 0.6 is 0 Å². The molecule has 1 fully saturated rings. The summed E-state index contributed by atoms with van der Waals surface area (Å²) in [5, 5.41) is 11.7. The number of carbonyl (C=O) groups is 2. The van der Waals surface area contributed by atoms with Gasteiger partial charge >= 0.3 is 5.97 Å². The Morgan fingerprint density at radius 2 is 2.10 bits per heavy atom. The van der Waals surface area contributed by atoms with Crippen LogP contribution in [0.15, 0.2) is 30.3 Å². The second-order valence-electron chi connectivity index (χ2n) is 5.26. The molecule has 5 heteroatoms. The summed E-state index contributed by atoms with van der Waals surface area (Å²) in [6.45, 7) is 2.37. The third-order valence-corrected chi connectivity index (χ3v) is 3.81. The Balaban J connectivity index is 2.11. The zero-order valence-electron chi connectivity index (χ0n) is 12.1. The number of hydrogen-bond donors (Lipinski definition) is 2. The van der Waals surface area contributed by atoms with E-state index in [2.05, 4.69) is 5.32 Å². The molecule has 0 aromatic heterocycles. The van der Waals surface area contributed by atoms with Crippen molar-refractivity contribution >= 4 is 11.9 Å². The van der Waals surface area contributed by atoms with Gasteiger partial charge in [0, 0.05) is 6.61 Å². The number of nitrogens with one attached hydrogen (secondary N) is 1. The minimum Gasteiger partial charge on any atom is -0.480 e. The molecule has 0 radical (unpaired) electrons. The van der Waals surface area contributed by atoms with Crippen LogP contribution in [0.3, 0.4) is 0 Å². The maximum Gasteiger partial charge on any atom is 0.326 e. The minimum absolute atomic E-state index is 0.238. The number of carbonyl (C=O) groups excluding carboxylic acids is 1. The molecule has 1 aliphatic heterocycles. The summed E-state index contributed by atoms with van der Waals surface area (Å²) in [6.07, 6.45) is 1.59. The van der Waals surface area contributed by atoms with Gasteiger partial charge in [0.25, 0.3) is 0 Å². The molecule has 1 heterocycles.